The highest BCUT2D eigenvalue weighted by atomic mass is 15.1. The molecule has 0 saturated carbocycles. The summed E-state index contributed by atoms with van der Waals surface area (Å²) in [7, 11) is 0. The van der Waals surface area contributed by atoms with Crippen molar-refractivity contribution in [3.8, 4) is 22.6 Å². The normalized spacial score (nSPS) is 10.9. The molecule has 0 bridgehead atoms. The molecule has 1 aromatic carbocycles. The first kappa shape index (κ1) is 14.5. The summed E-state index contributed by atoms with van der Waals surface area (Å²) in [6.45, 7) is 2.82. The summed E-state index contributed by atoms with van der Waals surface area (Å²) < 4.78 is 2.26. The average Bonchev–Trinajstić information content (AvgIpc) is 3.25. The second kappa shape index (κ2) is 6.16. The van der Waals surface area contributed by atoms with Crippen molar-refractivity contribution >= 4 is 0 Å². The smallest absolute Gasteiger partial charge is 0.0887 e. The van der Waals surface area contributed by atoms with Gasteiger partial charge in [0, 0.05) is 30.2 Å². The van der Waals surface area contributed by atoms with E-state index in [0.29, 0.717) is 0 Å². The van der Waals surface area contributed by atoms with Gasteiger partial charge in [0.15, 0.2) is 0 Å². The molecule has 4 nitrogen and oxygen atoms in total. The van der Waals surface area contributed by atoms with E-state index >= 15 is 0 Å². The Morgan fingerprint density at radius 2 is 1.88 bits per heavy atom. The highest BCUT2D eigenvalue weighted by Crippen LogP contribution is 2.25. The van der Waals surface area contributed by atoms with E-state index in [2.05, 4.69) is 68.4 Å². The maximum atomic E-state index is 4.47. The van der Waals surface area contributed by atoms with Crippen LogP contribution in [0.5, 0.6) is 0 Å². The van der Waals surface area contributed by atoms with E-state index in [1.807, 2.05) is 31.3 Å². The van der Waals surface area contributed by atoms with Gasteiger partial charge in [0.05, 0.1) is 17.1 Å². The zero-order valence-corrected chi connectivity index (χ0v) is 13.5. The molecule has 118 valence electrons. The van der Waals surface area contributed by atoms with Gasteiger partial charge >= 0.3 is 0 Å². The van der Waals surface area contributed by atoms with Crippen LogP contribution >= 0.6 is 0 Å². The fraction of sp³-hybridized carbons (Fsp3) is 0.100. The summed E-state index contributed by atoms with van der Waals surface area (Å²) in [5.41, 5.74) is 6.42. The number of aromatic amines is 1. The summed E-state index contributed by atoms with van der Waals surface area (Å²) in [5, 5.41) is 7.22. The van der Waals surface area contributed by atoms with Crippen LogP contribution in [0.15, 0.2) is 73.1 Å². The van der Waals surface area contributed by atoms with Gasteiger partial charge in [0.1, 0.15) is 0 Å². The summed E-state index contributed by atoms with van der Waals surface area (Å²) in [4.78, 5) is 4.47. The van der Waals surface area contributed by atoms with Crippen molar-refractivity contribution in [3.05, 3.63) is 84.3 Å². The summed E-state index contributed by atoms with van der Waals surface area (Å²) in [6, 6.07) is 20.9. The van der Waals surface area contributed by atoms with E-state index in [1.165, 1.54) is 11.3 Å². The number of nitrogens with one attached hydrogen (secondary N) is 1. The first-order valence-corrected chi connectivity index (χ1v) is 7.97. The van der Waals surface area contributed by atoms with Crippen LogP contribution in [0, 0.1) is 6.92 Å². The van der Waals surface area contributed by atoms with Crippen LogP contribution in [0.2, 0.25) is 0 Å². The van der Waals surface area contributed by atoms with Gasteiger partial charge in [0.2, 0.25) is 0 Å². The fourth-order valence-corrected chi connectivity index (χ4v) is 2.88. The predicted octanol–water partition coefficient (Wildman–Crippen LogP) is 4.30. The molecule has 24 heavy (non-hydrogen) atoms. The van der Waals surface area contributed by atoms with Gasteiger partial charge in [-0.05, 0) is 42.8 Å². The highest BCUT2D eigenvalue weighted by molar-refractivity contribution is 5.67. The average molecular weight is 314 g/mol. The Bertz CT molecular complexity index is 950. The lowest BCUT2D eigenvalue weighted by atomic mass is 10.1. The summed E-state index contributed by atoms with van der Waals surface area (Å²) >= 11 is 0. The lowest BCUT2D eigenvalue weighted by Crippen LogP contribution is -2.00. The molecule has 0 aliphatic rings. The highest BCUT2D eigenvalue weighted by Gasteiger charge is 2.08. The summed E-state index contributed by atoms with van der Waals surface area (Å²) in [5.74, 6) is 0. The maximum absolute atomic E-state index is 4.47. The number of aryl methyl sites for hydroxylation is 1. The molecule has 0 saturated heterocycles. The maximum Gasteiger partial charge on any atom is 0.0887 e. The van der Waals surface area contributed by atoms with Gasteiger partial charge in [-0.15, -0.1) is 0 Å². The molecule has 0 aliphatic heterocycles. The number of hydrogen-bond donors (Lipinski definition) is 1. The van der Waals surface area contributed by atoms with Crippen LogP contribution in [0.25, 0.3) is 22.6 Å². The third-order valence-electron chi connectivity index (χ3n) is 4.06. The number of nitrogens with zero attached hydrogens (tertiary/aromatic N) is 3. The second-order valence-electron chi connectivity index (χ2n) is 5.86. The molecule has 0 fully saturated rings. The molecule has 4 aromatic rings. The molecule has 3 aromatic heterocycles. The van der Waals surface area contributed by atoms with E-state index in [4.69, 9.17) is 0 Å². The van der Waals surface area contributed by atoms with Gasteiger partial charge < -0.3 is 4.57 Å². The van der Waals surface area contributed by atoms with Gasteiger partial charge in [-0.25, -0.2) is 0 Å². The molecule has 0 radical (unpaired) electrons. The first-order chi connectivity index (χ1) is 11.8. The zero-order valence-electron chi connectivity index (χ0n) is 13.5. The van der Waals surface area contributed by atoms with Crippen molar-refractivity contribution in [2.75, 3.05) is 0 Å². The second-order valence-corrected chi connectivity index (χ2v) is 5.86. The lowest BCUT2D eigenvalue weighted by molar-refractivity contribution is 0.814. The van der Waals surface area contributed by atoms with E-state index in [0.717, 1.165) is 29.2 Å². The van der Waals surface area contributed by atoms with Crippen molar-refractivity contribution in [1.82, 2.24) is 19.7 Å². The molecule has 0 unspecified atom stereocenters. The number of H-pyrrole nitrogens is 1. The lowest BCUT2D eigenvalue weighted by Gasteiger charge is -2.10. The largest absolute Gasteiger partial charge is 0.343 e. The number of hydrogen-bond acceptors (Lipinski definition) is 2. The van der Waals surface area contributed by atoms with Crippen molar-refractivity contribution in [2.45, 2.75) is 13.5 Å². The first-order valence-electron chi connectivity index (χ1n) is 7.97. The van der Waals surface area contributed by atoms with Crippen LogP contribution in [0.1, 0.15) is 11.3 Å². The van der Waals surface area contributed by atoms with E-state index in [1.54, 1.807) is 0 Å². The van der Waals surface area contributed by atoms with Gasteiger partial charge in [-0.2, -0.15) is 5.10 Å². The minimum atomic E-state index is 0.851. The van der Waals surface area contributed by atoms with Gasteiger partial charge in [-0.3, -0.25) is 10.1 Å². The third kappa shape index (κ3) is 2.86. The van der Waals surface area contributed by atoms with Crippen LogP contribution in [-0.4, -0.2) is 19.7 Å². The number of rotatable bonds is 4. The third-order valence-corrected chi connectivity index (χ3v) is 4.06. The molecule has 3 heterocycles. The van der Waals surface area contributed by atoms with Crippen LogP contribution in [0.4, 0.5) is 0 Å². The Balaban J connectivity index is 1.69. The Morgan fingerprint density at radius 1 is 1.00 bits per heavy atom. The molecule has 0 spiro atoms. The Hall–Kier alpha value is -3.14. The SMILES string of the molecule is Cc1cc(-c2cc(-c3cccn3Cc3ccccc3)ccn2)[nH]n1. The molecule has 4 heteroatoms. The monoisotopic (exact) mass is 314 g/mol. The van der Waals surface area contributed by atoms with Crippen molar-refractivity contribution in [1.29, 1.82) is 0 Å². The molecule has 4 rings (SSSR count). The molecule has 0 amide bonds. The molecule has 0 aliphatic carbocycles. The Morgan fingerprint density at radius 3 is 2.67 bits per heavy atom. The number of benzene rings is 1. The predicted molar refractivity (Wildman–Crippen MR) is 95.5 cm³/mol. The number of pyridine rings is 1. The van der Waals surface area contributed by atoms with Crippen LogP contribution in [-0.2, 0) is 6.54 Å². The quantitative estimate of drug-likeness (QED) is 0.610. The van der Waals surface area contributed by atoms with Gasteiger partial charge in [-0.1, -0.05) is 30.3 Å². The van der Waals surface area contributed by atoms with Crippen LogP contribution in [0.3, 0.4) is 0 Å². The van der Waals surface area contributed by atoms with E-state index < -0.39 is 0 Å². The fourth-order valence-electron chi connectivity index (χ4n) is 2.88. The standard InChI is InChI=1S/C20H18N4/c1-15-12-19(23-22-15)18-13-17(9-10-21-18)20-8-5-11-24(20)14-16-6-3-2-4-7-16/h2-13H,14H2,1H3,(H,22,23). The molecular formula is C20H18N4. The van der Waals surface area contributed by atoms with Crippen molar-refractivity contribution in [3.63, 3.8) is 0 Å². The molecule has 1 N–H and O–H groups in total. The number of aromatic nitrogens is 4. The summed E-state index contributed by atoms with van der Waals surface area (Å²) in [6.07, 6.45) is 3.96. The van der Waals surface area contributed by atoms with Crippen LogP contribution < -0.4 is 0 Å². The Labute approximate surface area is 140 Å². The van der Waals surface area contributed by atoms with Crippen molar-refractivity contribution < 1.29 is 0 Å². The topological polar surface area (TPSA) is 46.5 Å². The molecule has 0 atom stereocenters. The van der Waals surface area contributed by atoms with E-state index in [-0.39, 0.29) is 0 Å². The van der Waals surface area contributed by atoms with Gasteiger partial charge in [0.25, 0.3) is 0 Å². The Kier molecular flexibility index (Phi) is 3.71. The minimum absolute atomic E-state index is 0.851. The molecular weight excluding hydrogens is 296 g/mol. The zero-order chi connectivity index (χ0) is 16.4. The van der Waals surface area contributed by atoms with Crippen molar-refractivity contribution in [2.24, 2.45) is 0 Å². The minimum Gasteiger partial charge on any atom is -0.343 e. The van der Waals surface area contributed by atoms with E-state index in [9.17, 15) is 0 Å².